The third kappa shape index (κ3) is 3.87. The van der Waals surface area contributed by atoms with Crippen molar-refractivity contribution in [2.75, 3.05) is 6.61 Å². The van der Waals surface area contributed by atoms with Gasteiger partial charge in [0.15, 0.2) is 11.6 Å². The maximum Gasteiger partial charge on any atom is 0.169 e. The van der Waals surface area contributed by atoms with E-state index in [2.05, 4.69) is 6.92 Å². The molecular formula is C23H27F3O. The second-order valence-corrected chi connectivity index (χ2v) is 8.27. The summed E-state index contributed by atoms with van der Waals surface area (Å²) in [5.41, 5.74) is 0.683. The third-order valence-electron chi connectivity index (χ3n) is 6.40. The smallest absolute Gasteiger partial charge is 0.169 e. The largest absolute Gasteiger partial charge is 0.368 e. The molecule has 2 fully saturated rings. The van der Waals surface area contributed by atoms with E-state index in [1.807, 2.05) is 0 Å². The van der Waals surface area contributed by atoms with Gasteiger partial charge in [-0.15, -0.1) is 0 Å². The predicted octanol–water partition coefficient (Wildman–Crippen LogP) is 6.87. The molecule has 27 heavy (non-hydrogen) atoms. The predicted molar refractivity (Wildman–Crippen MR) is 101 cm³/mol. The summed E-state index contributed by atoms with van der Waals surface area (Å²) in [4.78, 5) is 0. The molecule has 0 bridgehead atoms. The summed E-state index contributed by atoms with van der Waals surface area (Å²) in [7, 11) is 0. The van der Waals surface area contributed by atoms with Gasteiger partial charge in [0.2, 0.25) is 0 Å². The Morgan fingerprint density at radius 1 is 0.926 bits per heavy atom. The molecular weight excluding hydrogens is 349 g/mol. The van der Waals surface area contributed by atoms with Gasteiger partial charge in [0, 0.05) is 5.56 Å². The highest BCUT2D eigenvalue weighted by Gasteiger charge is 2.31. The van der Waals surface area contributed by atoms with Crippen LogP contribution in [0.3, 0.4) is 0 Å². The number of benzene rings is 2. The fourth-order valence-corrected chi connectivity index (χ4v) is 4.68. The van der Waals surface area contributed by atoms with Crippen LogP contribution in [0.15, 0.2) is 18.2 Å². The molecule has 1 aliphatic carbocycles. The van der Waals surface area contributed by atoms with E-state index in [4.69, 9.17) is 4.74 Å². The number of ether oxygens (including phenoxy) is 1. The average molecular weight is 376 g/mol. The first-order valence-electron chi connectivity index (χ1n) is 10.3. The van der Waals surface area contributed by atoms with Crippen molar-refractivity contribution in [3.63, 3.8) is 0 Å². The van der Waals surface area contributed by atoms with Crippen molar-refractivity contribution in [2.24, 2.45) is 11.8 Å². The summed E-state index contributed by atoms with van der Waals surface area (Å²) < 4.78 is 48.8. The monoisotopic (exact) mass is 376 g/mol. The van der Waals surface area contributed by atoms with E-state index >= 15 is 0 Å². The molecule has 1 heterocycles. The second-order valence-electron chi connectivity index (χ2n) is 8.27. The van der Waals surface area contributed by atoms with Gasteiger partial charge in [-0.05, 0) is 41.7 Å². The lowest BCUT2D eigenvalue weighted by atomic mass is 9.78. The fourth-order valence-electron chi connectivity index (χ4n) is 4.68. The number of halogens is 3. The Morgan fingerprint density at radius 2 is 1.59 bits per heavy atom. The molecule has 1 nitrogen and oxygen atoms in total. The van der Waals surface area contributed by atoms with Crippen LogP contribution in [-0.4, -0.2) is 6.61 Å². The molecule has 0 amide bonds. The van der Waals surface area contributed by atoms with E-state index in [9.17, 15) is 13.2 Å². The zero-order valence-electron chi connectivity index (χ0n) is 15.9. The van der Waals surface area contributed by atoms with Gasteiger partial charge in [0.25, 0.3) is 0 Å². The van der Waals surface area contributed by atoms with E-state index in [-0.39, 0.29) is 10.9 Å². The Hall–Kier alpha value is -1.55. The Balaban J connectivity index is 1.49. The normalized spacial score (nSPS) is 25.1. The summed E-state index contributed by atoms with van der Waals surface area (Å²) in [5.74, 6) is -1.20. The number of fused-ring (bicyclic) bond motifs is 1. The molecule has 1 saturated heterocycles. The van der Waals surface area contributed by atoms with Crippen LogP contribution < -0.4 is 0 Å². The lowest BCUT2D eigenvalue weighted by Gasteiger charge is -2.28. The Labute approximate surface area is 158 Å². The molecule has 1 aliphatic heterocycles. The van der Waals surface area contributed by atoms with E-state index in [1.165, 1.54) is 44.6 Å². The first-order chi connectivity index (χ1) is 13.1. The maximum atomic E-state index is 14.9. The highest BCUT2D eigenvalue weighted by Crippen LogP contribution is 2.38. The van der Waals surface area contributed by atoms with Crippen LogP contribution in [0.2, 0.25) is 0 Å². The van der Waals surface area contributed by atoms with Crippen LogP contribution in [0.4, 0.5) is 13.2 Å². The highest BCUT2D eigenvalue weighted by atomic mass is 19.2. The number of rotatable bonds is 6. The van der Waals surface area contributed by atoms with Gasteiger partial charge >= 0.3 is 0 Å². The SMILES string of the molecule is CCCC1CCC(CCc2ccc3cc(C4CO4)c(F)c(F)c3c2F)CC1. The minimum Gasteiger partial charge on any atom is -0.368 e. The van der Waals surface area contributed by atoms with E-state index < -0.39 is 23.6 Å². The van der Waals surface area contributed by atoms with Crippen LogP contribution in [-0.2, 0) is 11.2 Å². The van der Waals surface area contributed by atoms with Gasteiger partial charge in [-0.2, -0.15) is 0 Å². The molecule has 4 rings (SSSR count). The minimum absolute atomic E-state index is 0.191. The zero-order valence-corrected chi connectivity index (χ0v) is 15.9. The molecule has 2 aromatic rings. The number of aryl methyl sites for hydroxylation is 1. The van der Waals surface area contributed by atoms with E-state index in [0.29, 0.717) is 29.9 Å². The van der Waals surface area contributed by atoms with E-state index in [1.54, 1.807) is 12.1 Å². The van der Waals surface area contributed by atoms with Crippen LogP contribution in [0.5, 0.6) is 0 Å². The van der Waals surface area contributed by atoms with Crippen molar-refractivity contribution in [3.8, 4) is 0 Å². The summed E-state index contributed by atoms with van der Waals surface area (Å²) >= 11 is 0. The van der Waals surface area contributed by atoms with Gasteiger partial charge < -0.3 is 4.74 Å². The first-order valence-corrected chi connectivity index (χ1v) is 10.3. The summed E-state index contributed by atoms with van der Waals surface area (Å²) in [6.07, 6.45) is 8.60. The average Bonchev–Trinajstić information content (AvgIpc) is 3.50. The molecule has 0 aromatic heterocycles. The number of hydrogen-bond donors (Lipinski definition) is 0. The van der Waals surface area contributed by atoms with Gasteiger partial charge in [0.05, 0.1) is 12.0 Å². The molecule has 2 aromatic carbocycles. The molecule has 1 saturated carbocycles. The maximum absolute atomic E-state index is 14.9. The van der Waals surface area contributed by atoms with Gasteiger partial charge in [-0.1, -0.05) is 57.6 Å². The molecule has 146 valence electrons. The van der Waals surface area contributed by atoms with Gasteiger partial charge in [-0.25, -0.2) is 13.2 Å². The van der Waals surface area contributed by atoms with Crippen LogP contribution in [0.25, 0.3) is 10.8 Å². The van der Waals surface area contributed by atoms with Crippen LogP contribution in [0.1, 0.15) is 69.1 Å². The molecule has 0 N–H and O–H groups in total. The molecule has 4 heteroatoms. The molecule has 0 spiro atoms. The van der Waals surface area contributed by atoms with Crippen molar-refractivity contribution in [3.05, 3.63) is 46.8 Å². The minimum atomic E-state index is -1.09. The molecule has 2 aliphatic rings. The van der Waals surface area contributed by atoms with Crippen molar-refractivity contribution >= 4 is 10.8 Å². The van der Waals surface area contributed by atoms with Gasteiger partial charge in [-0.3, -0.25) is 0 Å². The second kappa shape index (κ2) is 7.83. The Bertz CT molecular complexity index is 820. The van der Waals surface area contributed by atoms with Gasteiger partial charge in [0.1, 0.15) is 11.9 Å². The molecule has 0 radical (unpaired) electrons. The molecule has 1 unspecified atom stereocenters. The lowest BCUT2D eigenvalue weighted by molar-refractivity contribution is 0.252. The Kier molecular flexibility index (Phi) is 5.45. The molecule has 1 atom stereocenters. The van der Waals surface area contributed by atoms with Crippen molar-refractivity contribution in [1.29, 1.82) is 0 Å². The fraction of sp³-hybridized carbons (Fsp3) is 0.565. The van der Waals surface area contributed by atoms with E-state index in [0.717, 1.165) is 12.3 Å². The van der Waals surface area contributed by atoms with Crippen molar-refractivity contribution < 1.29 is 17.9 Å². The highest BCUT2D eigenvalue weighted by molar-refractivity contribution is 5.85. The van der Waals surface area contributed by atoms with Crippen LogP contribution >= 0.6 is 0 Å². The number of epoxide rings is 1. The van der Waals surface area contributed by atoms with Crippen molar-refractivity contribution in [1.82, 2.24) is 0 Å². The third-order valence-corrected chi connectivity index (χ3v) is 6.40. The summed E-state index contributed by atoms with van der Waals surface area (Å²) in [6.45, 7) is 2.63. The van der Waals surface area contributed by atoms with Crippen molar-refractivity contribution in [2.45, 2.75) is 64.4 Å². The first kappa shape index (κ1) is 18.8. The Morgan fingerprint density at radius 3 is 2.22 bits per heavy atom. The topological polar surface area (TPSA) is 12.5 Å². The standard InChI is InChI=1S/C23H27F3O/c1-2-3-14-4-6-15(7-5-14)8-9-16-10-11-17-12-18(19-13-27-19)22(25)23(26)20(17)21(16)24/h10-12,14-15,19H,2-9,13H2,1H3. The zero-order chi connectivity index (χ0) is 19.0. The number of hydrogen-bond acceptors (Lipinski definition) is 1. The van der Waals surface area contributed by atoms with Crippen LogP contribution in [0, 0.1) is 29.3 Å². The summed E-state index contributed by atoms with van der Waals surface area (Å²) in [5, 5.41) is 0.182. The lowest BCUT2D eigenvalue weighted by Crippen LogP contribution is -2.15. The quantitative estimate of drug-likeness (QED) is 0.501. The summed E-state index contributed by atoms with van der Waals surface area (Å²) in [6, 6.07) is 4.96.